The summed E-state index contributed by atoms with van der Waals surface area (Å²) < 4.78 is 7.93. The van der Waals surface area contributed by atoms with Gasteiger partial charge in [0.2, 0.25) is 0 Å². The summed E-state index contributed by atoms with van der Waals surface area (Å²) in [7, 11) is 6.04. The van der Waals surface area contributed by atoms with E-state index in [9.17, 15) is 14.4 Å². The number of carboxylic acids is 3. The predicted molar refractivity (Wildman–Crippen MR) is 113 cm³/mol. The Kier molecular flexibility index (Phi) is 10.5. The van der Waals surface area contributed by atoms with Crippen LogP contribution in [-0.4, -0.2) is 85.9 Å². The summed E-state index contributed by atoms with van der Waals surface area (Å²) in [6.45, 7) is 1.60. The van der Waals surface area contributed by atoms with Crippen molar-refractivity contribution >= 4 is 17.9 Å². The van der Waals surface area contributed by atoms with Crippen LogP contribution in [0.25, 0.3) is 0 Å². The molecule has 4 N–H and O–H groups in total. The van der Waals surface area contributed by atoms with Gasteiger partial charge in [0, 0.05) is 19.8 Å². The fraction of sp³-hybridized carbons (Fsp3) is 0.429. The third-order valence-corrected chi connectivity index (χ3v) is 4.34. The first-order chi connectivity index (χ1) is 15.0. The Hall–Kier alpha value is -3.28. The monoisotopic (exact) mass is 451 g/mol. The molecule has 0 amide bonds. The maximum absolute atomic E-state index is 10.3. The average Bonchev–Trinajstić information content (AvgIpc) is 3.10. The number of ether oxygens (including phenoxy) is 1. The highest BCUT2D eigenvalue weighted by Crippen LogP contribution is 2.25. The zero-order valence-electron chi connectivity index (χ0n) is 18.2. The summed E-state index contributed by atoms with van der Waals surface area (Å²) >= 11 is 0. The van der Waals surface area contributed by atoms with Gasteiger partial charge in [0.25, 0.3) is 0 Å². The van der Waals surface area contributed by atoms with Crippen LogP contribution in [-0.2, 0) is 26.2 Å². The maximum Gasteiger partial charge on any atom is 0.336 e. The third kappa shape index (κ3) is 8.84. The first kappa shape index (κ1) is 26.8. The highest BCUT2D eigenvalue weighted by atomic mass is 16.5. The van der Waals surface area contributed by atoms with Gasteiger partial charge < -0.3 is 30.1 Å². The molecule has 2 rings (SSSR count). The number of hydrogen-bond donors (Lipinski definition) is 4. The zero-order valence-corrected chi connectivity index (χ0v) is 18.2. The largest absolute Gasteiger partial charge is 0.481 e. The second kappa shape index (κ2) is 12.5. The minimum Gasteiger partial charge on any atom is -0.481 e. The second-order valence-corrected chi connectivity index (χ2v) is 7.32. The van der Waals surface area contributed by atoms with E-state index in [-0.39, 0.29) is 6.10 Å². The number of carbonyl (C=O) groups is 3. The van der Waals surface area contributed by atoms with Crippen molar-refractivity contribution in [3.63, 3.8) is 0 Å². The molecule has 176 valence electrons. The Balaban J connectivity index is 0.000000347. The number of aryl methyl sites for hydroxylation is 1. The van der Waals surface area contributed by atoms with Crippen LogP contribution in [0.15, 0.2) is 42.6 Å². The van der Waals surface area contributed by atoms with Crippen molar-refractivity contribution in [1.82, 2.24) is 14.7 Å². The molecular weight excluding hydrogens is 422 g/mol. The molecule has 0 saturated carbocycles. The second-order valence-electron chi connectivity index (χ2n) is 7.32. The summed E-state index contributed by atoms with van der Waals surface area (Å²) in [6, 6.07) is 12.3. The van der Waals surface area contributed by atoms with Gasteiger partial charge >= 0.3 is 17.9 Å². The van der Waals surface area contributed by atoms with Crippen molar-refractivity contribution in [2.24, 2.45) is 7.05 Å². The predicted octanol–water partition coefficient (Wildman–Crippen LogP) is 0.839. The fourth-order valence-electron chi connectivity index (χ4n) is 2.69. The van der Waals surface area contributed by atoms with Gasteiger partial charge in [0.1, 0.15) is 6.10 Å². The molecule has 1 heterocycles. The van der Waals surface area contributed by atoms with Gasteiger partial charge in [-0.05, 0) is 25.7 Å². The number of benzene rings is 1. The smallest absolute Gasteiger partial charge is 0.336 e. The molecular formula is C21H29N3O8. The summed E-state index contributed by atoms with van der Waals surface area (Å²) in [4.78, 5) is 32.6. The SMILES string of the molecule is CN(C)CCOC(c1ccccc1)c1ccnn1C.O=C(O)CC(O)(CC(=O)O)C(=O)O. The molecule has 0 aliphatic rings. The molecule has 32 heavy (non-hydrogen) atoms. The summed E-state index contributed by atoms with van der Waals surface area (Å²) in [6.07, 6.45) is -0.544. The van der Waals surface area contributed by atoms with E-state index >= 15 is 0 Å². The van der Waals surface area contributed by atoms with E-state index < -0.39 is 36.4 Å². The minimum absolute atomic E-state index is 0.0614. The summed E-state index contributed by atoms with van der Waals surface area (Å²) in [5, 5.41) is 38.0. The number of carboxylic acid groups (broad SMARTS) is 3. The minimum atomic E-state index is -2.74. The molecule has 2 aromatic rings. The van der Waals surface area contributed by atoms with E-state index in [1.54, 1.807) is 6.20 Å². The van der Waals surface area contributed by atoms with Gasteiger partial charge in [-0.2, -0.15) is 5.10 Å². The van der Waals surface area contributed by atoms with Crippen LogP contribution in [0.5, 0.6) is 0 Å². The maximum atomic E-state index is 10.3. The number of likely N-dealkylation sites (N-methyl/N-ethyl adjacent to an activating group) is 1. The van der Waals surface area contributed by atoms with E-state index in [4.69, 9.17) is 25.2 Å². The number of aliphatic hydroxyl groups is 1. The van der Waals surface area contributed by atoms with Gasteiger partial charge in [-0.3, -0.25) is 14.3 Å². The number of hydrogen-bond acceptors (Lipinski definition) is 7. The van der Waals surface area contributed by atoms with Gasteiger partial charge in [0.05, 0.1) is 25.1 Å². The Labute approximate surface area is 185 Å². The van der Waals surface area contributed by atoms with Crippen molar-refractivity contribution in [2.75, 3.05) is 27.2 Å². The van der Waals surface area contributed by atoms with Crippen LogP contribution in [0.2, 0.25) is 0 Å². The van der Waals surface area contributed by atoms with Crippen LogP contribution in [0.3, 0.4) is 0 Å². The number of aromatic nitrogens is 2. The molecule has 0 saturated heterocycles. The van der Waals surface area contributed by atoms with Crippen LogP contribution < -0.4 is 0 Å². The molecule has 0 bridgehead atoms. The fourth-order valence-corrected chi connectivity index (χ4v) is 2.69. The lowest BCUT2D eigenvalue weighted by Crippen LogP contribution is -2.42. The van der Waals surface area contributed by atoms with Crippen molar-refractivity contribution in [2.45, 2.75) is 24.5 Å². The van der Waals surface area contributed by atoms with E-state index in [1.165, 1.54) is 0 Å². The zero-order chi connectivity index (χ0) is 24.3. The molecule has 1 unspecified atom stereocenters. The molecule has 11 nitrogen and oxygen atoms in total. The molecule has 1 aromatic carbocycles. The lowest BCUT2D eigenvalue weighted by molar-refractivity contribution is -0.170. The normalized spacial score (nSPS) is 12.0. The molecule has 11 heteroatoms. The summed E-state index contributed by atoms with van der Waals surface area (Å²) in [5.41, 5.74) is -0.507. The number of nitrogens with zero attached hydrogens (tertiary/aromatic N) is 3. The molecule has 0 fully saturated rings. The topological polar surface area (TPSA) is 162 Å². The van der Waals surface area contributed by atoms with E-state index in [0.717, 1.165) is 17.8 Å². The Morgan fingerprint density at radius 3 is 2.03 bits per heavy atom. The van der Waals surface area contributed by atoms with Crippen LogP contribution in [0, 0.1) is 0 Å². The molecule has 0 aliphatic heterocycles. The molecule has 0 spiro atoms. The van der Waals surface area contributed by atoms with Crippen molar-refractivity contribution < 1.29 is 39.5 Å². The van der Waals surface area contributed by atoms with Gasteiger partial charge in [0.15, 0.2) is 5.60 Å². The Morgan fingerprint density at radius 2 is 1.62 bits per heavy atom. The number of rotatable bonds is 11. The standard InChI is InChI=1S/C15H21N3O.C6H8O7/c1-17(2)11-12-19-15(13-7-5-4-6-8-13)14-9-10-16-18(14)3;7-3(8)1-6(13,5(11)12)2-4(9)10/h4-10,15H,11-12H2,1-3H3;13H,1-2H2,(H,7,8)(H,9,10)(H,11,12). The quantitative estimate of drug-likeness (QED) is 0.385. The highest BCUT2D eigenvalue weighted by molar-refractivity contribution is 5.88. The first-order valence-corrected chi connectivity index (χ1v) is 9.65. The summed E-state index contributed by atoms with van der Waals surface area (Å²) in [5.74, 6) is -5.02. The highest BCUT2D eigenvalue weighted by Gasteiger charge is 2.40. The van der Waals surface area contributed by atoms with E-state index in [0.29, 0.717) is 6.61 Å². The molecule has 0 radical (unpaired) electrons. The lowest BCUT2D eigenvalue weighted by atomic mass is 9.96. The van der Waals surface area contributed by atoms with Crippen LogP contribution in [0.4, 0.5) is 0 Å². The van der Waals surface area contributed by atoms with E-state index in [1.807, 2.05) is 50.1 Å². The van der Waals surface area contributed by atoms with Gasteiger partial charge in [-0.1, -0.05) is 30.3 Å². The molecule has 0 aliphatic carbocycles. The third-order valence-electron chi connectivity index (χ3n) is 4.34. The van der Waals surface area contributed by atoms with Gasteiger partial charge in [-0.25, -0.2) is 4.79 Å². The Bertz CT molecular complexity index is 866. The van der Waals surface area contributed by atoms with Crippen molar-refractivity contribution in [3.05, 3.63) is 53.9 Å². The van der Waals surface area contributed by atoms with Crippen LogP contribution >= 0.6 is 0 Å². The van der Waals surface area contributed by atoms with E-state index in [2.05, 4.69) is 22.1 Å². The Morgan fingerprint density at radius 1 is 1.06 bits per heavy atom. The van der Waals surface area contributed by atoms with Gasteiger partial charge in [-0.15, -0.1) is 0 Å². The van der Waals surface area contributed by atoms with Crippen molar-refractivity contribution in [1.29, 1.82) is 0 Å². The van der Waals surface area contributed by atoms with Crippen LogP contribution in [0.1, 0.15) is 30.2 Å². The van der Waals surface area contributed by atoms with Crippen molar-refractivity contribution in [3.8, 4) is 0 Å². The average molecular weight is 451 g/mol. The molecule has 1 aromatic heterocycles. The molecule has 1 atom stereocenters. The first-order valence-electron chi connectivity index (χ1n) is 9.65. The lowest BCUT2D eigenvalue weighted by Gasteiger charge is -2.20. The number of aliphatic carboxylic acids is 3.